The molecule has 0 saturated heterocycles. The van der Waals surface area contributed by atoms with Crippen molar-refractivity contribution in [2.24, 2.45) is 0 Å². The van der Waals surface area contributed by atoms with Crippen LogP contribution in [0.5, 0.6) is 5.88 Å². The highest BCUT2D eigenvalue weighted by atomic mass is 79.9. The van der Waals surface area contributed by atoms with Gasteiger partial charge in [-0.1, -0.05) is 6.92 Å². The number of nitrogens with one attached hydrogen (secondary N) is 1. The lowest BCUT2D eigenvalue weighted by Crippen LogP contribution is -2.03. The van der Waals surface area contributed by atoms with Gasteiger partial charge in [0.15, 0.2) is 5.82 Å². The summed E-state index contributed by atoms with van der Waals surface area (Å²) in [7, 11) is 3.43. The molecule has 19 heavy (non-hydrogen) atoms. The minimum atomic E-state index is 0.574. The highest BCUT2D eigenvalue weighted by molar-refractivity contribution is 9.10. The summed E-state index contributed by atoms with van der Waals surface area (Å²) < 4.78 is 5.95. The number of aromatic nitrogens is 3. The molecular formula is C13H15BrN4O. The average molecular weight is 323 g/mol. The molecule has 100 valence electrons. The van der Waals surface area contributed by atoms with E-state index in [-0.39, 0.29) is 0 Å². The number of anilines is 1. The normalized spacial score (nSPS) is 10.3. The molecule has 0 aliphatic heterocycles. The van der Waals surface area contributed by atoms with Crippen LogP contribution in [0.4, 0.5) is 5.82 Å². The van der Waals surface area contributed by atoms with Crippen molar-refractivity contribution >= 4 is 21.7 Å². The zero-order chi connectivity index (χ0) is 13.8. The van der Waals surface area contributed by atoms with E-state index >= 15 is 0 Å². The van der Waals surface area contributed by atoms with Crippen LogP contribution >= 0.6 is 15.9 Å². The second-order valence-corrected chi connectivity index (χ2v) is 4.64. The third-order valence-corrected chi connectivity index (χ3v) is 3.53. The van der Waals surface area contributed by atoms with Crippen molar-refractivity contribution in [2.75, 3.05) is 19.5 Å². The van der Waals surface area contributed by atoms with Gasteiger partial charge in [0.25, 0.3) is 0 Å². The first kappa shape index (κ1) is 13.7. The molecule has 2 heterocycles. The van der Waals surface area contributed by atoms with E-state index < -0.39 is 0 Å². The zero-order valence-corrected chi connectivity index (χ0v) is 12.7. The van der Waals surface area contributed by atoms with Crippen molar-refractivity contribution in [1.29, 1.82) is 0 Å². The molecule has 0 unspecified atom stereocenters. The first-order valence-electron chi connectivity index (χ1n) is 5.94. The summed E-state index contributed by atoms with van der Waals surface area (Å²) in [5, 5.41) is 3.06. The van der Waals surface area contributed by atoms with Crippen LogP contribution in [-0.4, -0.2) is 29.1 Å². The number of hydrogen-bond acceptors (Lipinski definition) is 5. The Bertz CT molecular complexity index is 546. The van der Waals surface area contributed by atoms with E-state index in [0.717, 1.165) is 28.0 Å². The molecule has 0 saturated carbocycles. The zero-order valence-electron chi connectivity index (χ0n) is 11.1. The number of methoxy groups -OCH3 is 1. The van der Waals surface area contributed by atoms with E-state index in [0.29, 0.717) is 11.7 Å². The maximum atomic E-state index is 5.04. The number of halogens is 1. The van der Waals surface area contributed by atoms with Crippen LogP contribution in [0.25, 0.3) is 11.4 Å². The van der Waals surface area contributed by atoms with Gasteiger partial charge in [0, 0.05) is 24.9 Å². The highest BCUT2D eigenvalue weighted by Gasteiger charge is 2.11. The minimum absolute atomic E-state index is 0.574. The van der Waals surface area contributed by atoms with Crippen LogP contribution in [0.3, 0.4) is 0 Å². The Morgan fingerprint density at radius 2 is 2.11 bits per heavy atom. The Hall–Kier alpha value is -1.69. The standard InChI is InChI=1S/C13H15BrN4O/c1-4-9-11(14)13(15-2)18-12(17-9)8-5-6-10(19-3)16-7-8/h5-7H,4H2,1-3H3,(H,15,17,18). The van der Waals surface area contributed by atoms with E-state index in [1.54, 1.807) is 19.4 Å². The summed E-state index contributed by atoms with van der Waals surface area (Å²) in [5.74, 6) is 2.00. The number of pyridine rings is 1. The SMILES string of the molecule is CCc1nc(-c2ccc(OC)nc2)nc(NC)c1Br. The first-order valence-corrected chi connectivity index (χ1v) is 6.73. The van der Waals surface area contributed by atoms with Crippen molar-refractivity contribution in [3.8, 4) is 17.3 Å². The maximum absolute atomic E-state index is 5.04. The Morgan fingerprint density at radius 3 is 2.63 bits per heavy atom. The number of rotatable bonds is 4. The fourth-order valence-corrected chi connectivity index (χ4v) is 2.31. The van der Waals surface area contributed by atoms with Gasteiger partial charge < -0.3 is 10.1 Å². The van der Waals surface area contributed by atoms with E-state index in [1.807, 2.05) is 13.1 Å². The van der Waals surface area contributed by atoms with Gasteiger partial charge >= 0.3 is 0 Å². The second-order valence-electron chi connectivity index (χ2n) is 3.85. The van der Waals surface area contributed by atoms with Crippen LogP contribution in [0.1, 0.15) is 12.6 Å². The molecule has 2 aromatic rings. The summed E-state index contributed by atoms with van der Waals surface area (Å²) in [5.41, 5.74) is 1.82. The summed E-state index contributed by atoms with van der Waals surface area (Å²) in [6, 6.07) is 3.69. The van der Waals surface area contributed by atoms with Crippen molar-refractivity contribution in [3.05, 3.63) is 28.5 Å². The smallest absolute Gasteiger partial charge is 0.212 e. The number of ether oxygens (including phenoxy) is 1. The van der Waals surface area contributed by atoms with Crippen molar-refractivity contribution in [2.45, 2.75) is 13.3 Å². The number of hydrogen-bond donors (Lipinski definition) is 1. The van der Waals surface area contributed by atoms with Gasteiger partial charge in [-0.3, -0.25) is 0 Å². The monoisotopic (exact) mass is 322 g/mol. The Morgan fingerprint density at radius 1 is 1.32 bits per heavy atom. The molecule has 0 aromatic carbocycles. The van der Waals surface area contributed by atoms with E-state index in [1.165, 1.54) is 0 Å². The summed E-state index contributed by atoms with van der Waals surface area (Å²) >= 11 is 3.51. The summed E-state index contributed by atoms with van der Waals surface area (Å²) in [6.45, 7) is 2.06. The average Bonchev–Trinajstić information content (AvgIpc) is 2.47. The largest absolute Gasteiger partial charge is 0.481 e. The lowest BCUT2D eigenvalue weighted by Gasteiger charge is -2.10. The summed E-state index contributed by atoms with van der Waals surface area (Å²) in [4.78, 5) is 13.2. The van der Waals surface area contributed by atoms with Crippen LogP contribution < -0.4 is 10.1 Å². The Kier molecular flexibility index (Phi) is 4.31. The molecule has 0 radical (unpaired) electrons. The van der Waals surface area contributed by atoms with Crippen LogP contribution in [-0.2, 0) is 6.42 Å². The summed E-state index contributed by atoms with van der Waals surface area (Å²) in [6.07, 6.45) is 2.54. The van der Waals surface area contributed by atoms with Gasteiger partial charge in [-0.15, -0.1) is 0 Å². The van der Waals surface area contributed by atoms with Crippen LogP contribution in [0.2, 0.25) is 0 Å². The van der Waals surface area contributed by atoms with Crippen LogP contribution in [0.15, 0.2) is 22.8 Å². The van der Waals surface area contributed by atoms with Gasteiger partial charge in [-0.25, -0.2) is 15.0 Å². The molecule has 1 N–H and O–H groups in total. The number of aryl methyl sites for hydroxylation is 1. The van der Waals surface area contributed by atoms with Gasteiger partial charge in [0.2, 0.25) is 5.88 Å². The molecule has 2 aromatic heterocycles. The maximum Gasteiger partial charge on any atom is 0.212 e. The Labute approximate surface area is 120 Å². The van der Waals surface area contributed by atoms with Gasteiger partial charge in [0.1, 0.15) is 5.82 Å². The molecule has 0 amide bonds. The fourth-order valence-electron chi connectivity index (χ4n) is 1.66. The third-order valence-electron chi connectivity index (χ3n) is 2.70. The molecule has 0 atom stereocenters. The van der Waals surface area contributed by atoms with Gasteiger partial charge in [0.05, 0.1) is 17.3 Å². The molecule has 5 nitrogen and oxygen atoms in total. The Balaban J connectivity index is 2.48. The molecule has 0 aliphatic carbocycles. The minimum Gasteiger partial charge on any atom is -0.481 e. The van der Waals surface area contributed by atoms with Crippen molar-refractivity contribution in [3.63, 3.8) is 0 Å². The topological polar surface area (TPSA) is 59.9 Å². The molecule has 2 rings (SSSR count). The molecular weight excluding hydrogens is 308 g/mol. The quantitative estimate of drug-likeness (QED) is 0.937. The van der Waals surface area contributed by atoms with E-state index in [4.69, 9.17) is 4.74 Å². The van der Waals surface area contributed by atoms with Gasteiger partial charge in [-0.2, -0.15) is 0 Å². The predicted octanol–water partition coefficient (Wildman–Crippen LogP) is 2.91. The molecule has 0 aliphatic rings. The van der Waals surface area contributed by atoms with E-state index in [2.05, 4.69) is 43.1 Å². The third kappa shape index (κ3) is 2.84. The molecule has 0 fully saturated rings. The second kappa shape index (κ2) is 5.97. The lowest BCUT2D eigenvalue weighted by molar-refractivity contribution is 0.398. The predicted molar refractivity (Wildman–Crippen MR) is 78.4 cm³/mol. The van der Waals surface area contributed by atoms with Crippen molar-refractivity contribution < 1.29 is 4.74 Å². The molecule has 0 spiro atoms. The van der Waals surface area contributed by atoms with E-state index in [9.17, 15) is 0 Å². The number of nitrogens with zero attached hydrogens (tertiary/aromatic N) is 3. The highest BCUT2D eigenvalue weighted by Crippen LogP contribution is 2.27. The van der Waals surface area contributed by atoms with Crippen molar-refractivity contribution in [1.82, 2.24) is 15.0 Å². The van der Waals surface area contributed by atoms with Gasteiger partial charge in [-0.05, 0) is 28.4 Å². The lowest BCUT2D eigenvalue weighted by atomic mass is 10.2. The van der Waals surface area contributed by atoms with Crippen LogP contribution in [0, 0.1) is 0 Å². The molecule has 6 heteroatoms. The first-order chi connectivity index (χ1) is 9.19. The molecule has 0 bridgehead atoms. The fraction of sp³-hybridized carbons (Fsp3) is 0.308.